The molecule has 0 saturated heterocycles. The van der Waals surface area contributed by atoms with Crippen molar-refractivity contribution < 1.29 is 4.79 Å². The van der Waals surface area contributed by atoms with Gasteiger partial charge in [-0.05, 0) is 18.4 Å². The lowest BCUT2D eigenvalue weighted by molar-refractivity contribution is 0.102. The maximum absolute atomic E-state index is 11.7. The number of carbonyl (C=O) groups excluding carboxylic acids is 1. The first kappa shape index (κ1) is 11.5. The first-order valence-electron chi connectivity index (χ1n) is 4.74. The van der Waals surface area contributed by atoms with Gasteiger partial charge in [0.25, 0.3) is 5.91 Å². The van der Waals surface area contributed by atoms with Crippen LogP contribution in [0.5, 0.6) is 0 Å². The topological polar surface area (TPSA) is 80.7 Å². The molecule has 2 aromatic heterocycles. The number of thioether (sulfide) groups is 1. The Morgan fingerprint density at radius 2 is 2.18 bits per heavy atom. The predicted molar refractivity (Wildman–Crippen MR) is 63.8 cm³/mol. The van der Waals surface area contributed by atoms with Crippen LogP contribution in [0.2, 0.25) is 0 Å². The van der Waals surface area contributed by atoms with Crippen molar-refractivity contribution >= 4 is 23.6 Å². The lowest BCUT2D eigenvalue weighted by Gasteiger charge is -2.03. The molecule has 0 spiro atoms. The summed E-state index contributed by atoms with van der Waals surface area (Å²) in [6.07, 6.45) is 6.31. The van der Waals surface area contributed by atoms with Crippen LogP contribution in [-0.2, 0) is 0 Å². The van der Waals surface area contributed by atoms with Crippen molar-refractivity contribution in [1.82, 2.24) is 19.9 Å². The zero-order chi connectivity index (χ0) is 12.1. The van der Waals surface area contributed by atoms with Gasteiger partial charge in [-0.25, -0.2) is 19.9 Å². The van der Waals surface area contributed by atoms with Crippen molar-refractivity contribution in [2.24, 2.45) is 0 Å². The number of hydrogen-bond donors (Lipinski definition) is 1. The Bertz CT molecular complexity index is 519. The van der Waals surface area contributed by atoms with Gasteiger partial charge in [-0.2, -0.15) is 0 Å². The van der Waals surface area contributed by atoms with Crippen LogP contribution in [0.3, 0.4) is 0 Å². The van der Waals surface area contributed by atoms with Gasteiger partial charge in [0.1, 0.15) is 17.0 Å². The first-order valence-corrected chi connectivity index (χ1v) is 5.96. The highest BCUT2D eigenvalue weighted by Gasteiger charge is 2.08. The summed E-state index contributed by atoms with van der Waals surface area (Å²) in [5, 5.41) is 3.36. The number of hydrogen-bond acceptors (Lipinski definition) is 6. The van der Waals surface area contributed by atoms with Crippen LogP contribution in [0.1, 0.15) is 10.5 Å². The van der Waals surface area contributed by atoms with Crippen molar-refractivity contribution in [3.63, 3.8) is 0 Å². The smallest absolute Gasteiger partial charge is 0.276 e. The summed E-state index contributed by atoms with van der Waals surface area (Å²) in [6, 6.07) is 3.29. The highest BCUT2D eigenvalue weighted by molar-refractivity contribution is 7.98. The van der Waals surface area contributed by atoms with Gasteiger partial charge in [0.2, 0.25) is 5.95 Å². The fourth-order valence-corrected chi connectivity index (χ4v) is 1.48. The number of amides is 1. The number of rotatable bonds is 3. The molecule has 86 valence electrons. The second-order valence-corrected chi connectivity index (χ2v) is 3.80. The Balaban J connectivity index is 2.13. The average Bonchev–Trinajstić information content (AvgIpc) is 2.40. The molecule has 2 aromatic rings. The fraction of sp³-hybridized carbons (Fsp3) is 0.100. The normalized spacial score (nSPS) is 9.94. The van der Waals surface area contributed by atoms with Gasteiger partial charge in [0.05, 0.1) is 0 Å². The molecule has 7 heteroatoms. The molecular weight excluding hydrogens is 238 g/mol. The van der Waals surface area contributed by atoms with E-state index in [0.717, 1.165) is 5.03 Å². The van der Waals surface area contributed by atoms with Crippen molar-refractivity contribution in [2.75, 3.05) is 11.6 Å². The van der Waals surface area contributed by atoms with E-state index in [1.54, 1.807) is 12.3 Å². The third kappa shape index (κ3) is 2.97. The fourth-order valence-electron chi connectivity index (χ4n) is 1.11. The molecule has 0 aliphatic rings. The minimum absolute atomic E-state index is 0.264. The highest BCUT2D eigenvalue weighted by Crippen LogP contribution is 2.11. The molecule has 0 aliphatic carbocycles. The second-order valence-electron chi connectivity index (χ2n) is 2.97. The molecular formula is C10H9N5OS. The van der Waals surface area contributed by atoms with Gasteiger partial charge in [-0.3, -0.25) is 10.1 Å². The van der Waals surface area contributed by atoms with Crippen LogP contribution in [-0.4, -0.2) is 32.1 Å². The molecule has 1 amide bonds. The highest BCUT2D eigenvalue weighted by atomic mass is 32.2. The molecule has 0 aromatic carbocycles. The molecule has 2 heterocycles. The SMILES string of the molecule is CSc1ccnc(NC(=O)c2ccncn2)n1. The van der Waals surface area contributed by atoms with Gasteiger partial charge in [-0.1, -0.05) is 0 Å². The summed E-state index contributed by atoms with van der Waals surface area (Å²) in [4.78, 5) is 27.4. The molecule has 6 nitrogen and oxygen atoms in total. The zero-order valence-corrected chi connectivity index (χ0v) is 9.81. The summed E-state index contributed by atoms with van der Waals surface area (Å²) in [7, 11) is 0. The van der Waals surface area contributed by atoms with E-state index in [2.05, 4.69) is 25.3 Å². The van der Waals surface area contributed by atoms with E-state index in [1.807, 2.05) is 6.26 Å². The van der Waals surface area contributed by atoms with Gasteiger partial charge in [0, 0.05) is 12.4 Å². The number of carbonyl (C=O) groups is 1. The van der Waals surface area contributed by atoms with E-state index in [-0.39, 0.29) is 17.5 Å². The maximum atomic E-state index is 11.7. The molecule has 0 saturated carbocycles. The minimum Gasteiger partial charge on any atom is -0.289 e. The average molecular weight is 247 g/mol. The molecule has 0 radical (unpaired) electrons. The third-order valence-electron chi connectivity index (χ3n) is 1.88. The van der Waals surface area contributed by atoms with Gasteiger partial charge in [-0.15, -0.1) is 11.8 Å². The summed E-state index contributed by atoms with van der Waals surface area (Å²) in [5.41, 5.74) is 0.276. The van der Waals surface area contributed by atoms with Crippen molar-refractivity contribution in [1.29, 1.82) is 0 Å². The molecule has 2 rings (SSSR count). The van der Waals surface area contributed by atoms with Crippen LogP contribution >= 0.6 is 11.8 Å². The molecule has 0 bridgehead atoms. The van der Waals surface area contributed by atoms with Crippen LogP contribution in [0.4, 0.5) is 5.95 Å². The first-order chi connectivity index (χ1) is 8.29. The maximum Gasteiger partial charge on any atom is 0.276 e. The van der Waals surface area contributed by atoms with Crippen LogP contribution in [0, 0.1) is 0 Å². The number of anilines is 1. The van der Waals surface area contributed by atoms with Gasteiger partial charge in [0.15, 0.2) is 0 Å². The summed E-state index contributed by atoms with van der Waals surface area (Å²) < 4.78 is 0. The predicted octanol–water partition coefficient (Wildman–Crippen LogP) is 1.24. The van der Waals surface area contributed by atoms with E-state index in [4.69, 9.17) is 0 Å². The molecule has 0 fully saturated rings. The Hall–Kier alpha value is -2.02. The van der Waals surface area contributed by atoms with E-state index in [9.17, 15) is 4.79 Å². The minimum atomic E-state index is -0.356. The van der Waals surface area contributed by atoms with Gasteiger partial charge >= 0.3 is 0 Å². The van der Waals surface area contributed by atoms with Crippen molar-refractivity contribution in [2.45, 2.75) is 5.03 Å². The number of aromatic nitrogens is 4. The Labute approximate surface area is 102 Å². The molecule has 0 unspecified atom stereocenters. The van der Waals surface area contributed by atoms with E-state index in [0.29, 0.717) is 0 Å². The van der Waals surface area contributed by atoms with Gasteiger partial charge < -0.3 is 0 Å². The standard InChI is InChI=1S/C10H9N5OS/c1-17-8-3-5-12-10(14-8)15-9(16)7-2-4-11-6-13-7/h2-6H,1H3,(H,12,14,15,16). The lowest BCUT2D eigenvalue weighted by atomic mass is 10.4. The lowest BCUT2D eigenvalue weighted by Crippen LogP contribution is -2.15. The summed E-state index contributed by atoms with van der Waals surface area (Å²) in [5.74, 6) is -0.0916. The molecule has 0 aliphatic heterocycles. The summed E-state index contributed by atoms with van der Waals surface area (Å²) in [6.45, 7) is 0. The monoisotopic (exact) mass is 247 g/mol. The van der Waals surface area contributed by atoms with Crippen LogP contribution < -0.4 is 5.32 Å². The Morgan fingerprint density at radius 1 is 1.29 bits per heavy atom. The molecule has 1 N–H and O–H groups in total. The van der Waals surface area contributed by atoms with Crippen LogP contribution in [0.25, 0.3) is 0 Å². The molecule has 17 heavy (non-hydrogen) atoms. The van der Waals surface area contributed by atoms with Crippen molar-refractivity contribution in [3.8, 4) is 0 Å². The largest absolute Gasteiger partial charge is 0.289 e. The molecule has 0 atom stereocenters. The zero-order valence-electron chi connectivity index (χ0n) is 8.99. The number of nitrogens with zero attached hydrogens (tertiary/aromatic N) is 4. The van der Waals surface area contributed by atoms with E-state index in [1.165, 1.54) is 30.4 Å². The second kappa shape index (κ2) is 5.35. The third-order valence-corrected chi connectivity index (χ3v) is 2.52. The Kier molecular flexibility index (Phi) is 3.61. The Morgan fingerprint density at radius 3 is 2.88 bits per heavy atom. The van der Waals surface area contributed by atoms with Crippen molar-refractivity contribution in [3.05, 3.63) is 36.5 Å². The van der Waals surface area contributed by atoms with E-state index < -0.39 is 0 Å². The number of nitrogens with one attached hydrogen (secondary N) is 1. The summed E-state index contributed by atoms with van der Waals surface area (Å²) >= 11 is 1.48. The van der Waals surface area contributed by atoms with Crippen LogP contribution in [0.15, 0.2) is 35.9 Å². The quantitative estimate of drug-likeness (QED) is 0.649. The van der Waals surface area contributed by atoms with E-state index >= 15 is 0 Å².